The Kier molecular flexibility index (Phi) is 3.99. The number of aromatic nitrogens is 2. The molecular formula is C13H16N4O3. The molecule has 1 aromatic carbocycles. The smallest absolute Gasteiger partial charge is 0.313 e. The Morgan fingerprint density at radius 2 is 2.25 bits per heavy atom. The molecule has 1 heterocycles. The minimum atomic E-state index is -0.465. The molecule has 2 aromatic rings. The molecule has 0 saturated heterocycles. The molecule has 0 amide bonds. The third-order valence-electron chi connectivity index (χ3n) is 2.99. The summed E-state index contributed by atoms with van der Waals surface area (Å²) < 4.78 is 6.62. The van der Waals surface area contributed by atoms with Crippen LogP contribution < -0.4 is 10.1 Å². The molecule has 0 unspecified atom stereocenters. The van der Waals surface area contributed by atoms with Crippen molar-refractivity contribution in [2.75, 3.05) is 14.2 Å². The van der Waals surface area contributed by atoms with Gasteiger partial charge in [-0.15, -0.1) is 0 Å². The maximum absolute atomic E-state index is 11.0. The maximum atomic E-state index is 11.0. The maximum Gasteiger partial charge on any atom is 0.313 e. The zero-order valence-corrected chi connectivity index (χ0v) is 11.6. The molecule has 0 bridgehead atoms. The molecule has 7 heteroatoms. The van der Waals surface area contributed by atoms with Crippen LogP contribution in [0, 0.1) is 17.0 Å². The summed E-state index contributed by atoms with van der Waals surface area (Å²) in [5, 5.41) is 18.4. The number of aryl methyl sites for hydroxylation is 1. The first-order valence-electron chi connectivity index (χ1n) is 6.09. The van der Waals surface area contributed by atoms with Gasteiger partial charge in [-0.05, 0) is 26.1 Å². The summed E-state index contributed by atoms with van der Waals surface area (Å²) in [4.78, 5) is 10.6. The Hall–Kier alpha value is -2.41. The fraction of sp³-hybridized carbons (Fsp3) is 0.308. The number of methoxy groups -OCH3 is 1. The number of nitrogens with one attached hydrogen (secondary N) is 1. The summed E-state index contributed by atoms with van der Waals surface area (Å²) >= 11 is 0. The van der Waals surface area contributed by atoms with Gasteiger partial charge in [0.05, 0.1) is 23.4 Å². The predicted molar refractivity (Wildman–Crippen MR) is 74.3 cm³/mol. The minimum absolute atomic E-state index is 0.0756. The lowest BCUT2D eigenvalue weighted by Crippen LogP contribution is -2.05. The van der Waals surface area contributed by atoms with E-state index in [0.717, 1.165) is 11.3 Å². The van der Waals surface area contributed by atoms with Crippen molar-refractivity contribution >= 4 is 5.69 Å². The normalized spacial score (nSPS) is 10.6. The summed E-state index contributed by atoms with van der Waals surface area (Å²) in [6, 6.07) is 4.76. The van der Waals surface area contributed by atoms with Crippen molar-refractivity contribution in [3.8, 4) is 11.4 Å². The van der Waals surface area contributed by atoms with Crippen LogP contribution in [0.4, 0.5) is 5.69 Å². The summed E-state index contributed by atoms with van der Waals surface area (Å²) in [7, 11) is 3.26. The first kappa shape index (κ1) is 14.0. The van der Waals surface area contributed by atoms with E-state index in [9.17, 15) is 10.1 Å². The van der Waals surface area contributed by atoms with E-state index in [1.807, 2.05) is 20.2 Å². The van der Waals surface area contributed by atoms with E-state index in [2.05, 4.69) is 10.4 Å². The van der Waals surface area contributed by atoms with Crippen molar-refractivity contribution in [2.45, 2.75) is 13.5 Å². The lowest BCUT2D eigenvalue weighted by atomic mass is 10.2. The average Bonchev–Trinajstić information content (AvgIpc) is 2.80. The van der Waals surface area contributed by atoms with E-state index in [0.29, 0.717) is 12.2 Å². The number of benzene rings is 1. The van der Waals surface area contributed by atoms with Crippen LogP contribution in [0.5, 0.6) is 5.75 Å². The first-order chi connectivity index (χ1) is 9.56. The van der Waals surface area contributed by atoms with Gasteiger partial charge < -0.3 is 10.1 Å². The summed E-state index contributed by atoms with van der Waals surface area (Å²) in [6.07, 6.45) is 1.86. The van der Waals surface area contributed by atoms with Gasteiger partial charge in [0.25, 0.3) is 0 Å². The third-order valence-corrected chi connectivity index (χ3v) is 2.99. The SMILES string of the molecule is CNCc1cn(-c2ccc(OC)c([N+](=O)[O-])c2)nc1C. The minimum Gasteiger partial charge on any atom is -0.490 e. The molecule has 1 N–H and O–H groups in total. The molecule has 0 atom stereocenters. The number of ether oxygens (including phenoxy) is 1. The summed E-state index contributed by atoms with van der Waals surface area (Å²) in [6.45, 7) is 2.60. The lowest BCUT2D eigenvalue weighted by molar-refractivity contribution is -0.385. The Morgan fingerprint density at radius 1 is 1.50 bits per heavy atom. The van der Waals surface area contributed by atoms with Gasteiger partial charge in [-0.25, -0.2) is 4.68 Å². The van der Waals surface area contributed by atoms with Crippen LogP contribution in [0.15, 0.2) is 24.4 Å². The molecule has 2 rings (SSSR count). The van der Waals surface area contributed by atoms with E-state index in [1.54, 1.807) is 16.8 Å². The van der Waals surface area contributed by atoms with Crippen LogP contribution in [0.1, 0.15) is 11.3 Å². The molecule has 0 radical (unpaired) electrons. The molecule has 0 spiro atoms. The highest BCUT2D eigenvalue weighted by Crippen LogP contribution is 2.29. The zero-order chi connectivity index (χ0) is 14.7. The van der Waals surface area contributed by atoms with E-state index in [1.165, 1.54) is 13.2 Å². The molecule has 0 aliphatic rings. The van der Waals surface area contributed by atoms with Crippen molar-refractivity contribution in [3.05, 3.63) is 45.8 Å². The lowest BCUT2D eigenvalue weighted by Gasteiger charge is -2.05. The average molecular weight is 276 g/mol. The second-order valence-corrected chi connectivity index (χ2v) is 4.33. The van der Waals surface area contributed by atoms with Gasteiger partial charge in [-0.1, -0.05) is 0 Å². The van der Waals surface area contributed by atoms with Gasteiger partial charge >= 0.3 is 5.69 Å². The molecule has 106 valence electrons. The first-order valence-corrected chi connectivity index (χ1v) is 6.09. The van der Waals surface area contributed by atoms with Gasteiger partial charge in [0.15, 0.2) is 5.75 Å². The number of hydrogen-bond acceptors (Lipinski definition) is 5. The quantitative estimate of drug-likeness (QED) is 0.665. The Balaban J connectivity index is 2.45. The topological polar surface area (TPSA) is 82.2 Å². The molecular weight excluding hydrogens is 260 g/mol. The van der Waals surface area contributed by atoms with Crippen LogP contribution in [0.25, 0.3) is 5.69 Å². The molecule has 0 fully saturated rings. The van der Waals surface area contributed by atoms with Crippen LogP contribution >= 0.6 is 0 Å². The highest BCUT2D eigenvalue weighted by atomic mass is 16.6. The number of hydrogen-bond donors (Lipinski definition) is 1. The van der Waals surface area contributed by atoms with Crippen LogP contribution in [-0.4, -0.2) is 28.9 Å². The number of nitro groups is 1. The monoisotopic (exact) mass is 276 g/mol. The number of nitrogens with zero attached hydrogens (tertiary/aromatic N) is 3. The second kappa shape index (κ2) is 5.70. The molecule has 0 aliphatic heterocycles. The fourth-order valence-corrected chi connectivity index (χ4v) is 1.96. The van der Waals surface area contributed by atoms with Gasteiger partial charge in [0.2, 0.25) is 0 Å². The zero-order valence-electron chi connectivity index (χ0n) is 11.6. The van der Waals surface area contributed by atoms with Crippen molar-refractivity contribution in [2.24, 2.45) is 0 Å². The number of rotatable bonds is 5. The largest absolute Gasteiger partial charge is 0.490 e. The van der Waals surface area contributed by atoms with Crippen molar-refractivity contribution in [1.29, 1.82) is 0 Å². The van der Waals surface area contributed by atoms with Crippen molar-refractivity contribution in [3.63, 3.8) is 0 Å². The van der Waals surface area contributed by atoms with E-state index >= 15 is 0 Å². The van der Waals surface area contributed by atoms with Gasteiger partial charge in [-0.2, -0.15) is 5.10 Å². The van der Waals surface area contributed by atoms with Crippen molar-refractivity contribution < 1.29 is 9.66 Å². The Labute approximate surface area is 116 Å². The summed E-state index contributed by atoms with van der Waals surface area (Å²) in [5.41, 5.74) is 2.49. The van der Waals surface area contributed by atoms with Gasteiger partial charge in [0.1, 0.15) is 0 Å². The standard InChI is InChI=1S/C13H16N4O3/c1-9-10(7-14-2)8-16(15-9)11-4-5-13(20-3)12(6-11)17(18)19/h4-6,8,14H,7H2,1-3H3. The fourth-order valence-electron chi connectivity index (χ4n) is 1.96. The van der Waals surface area contributed by atoms with E-state index < -0.39 is 4.92 Å². The van der Waals surface area contributed by atoms with Crippen molar-refractivity contribution in [1.82, 2.24) is 15.1 Å². The van der Waals surface area contributed by atoms with E-state index in [-0.39, 0.29) is 11.4 Å². The molecule has 1 aromatic heterocycles. The molecule has 20 heavy (non-hydrogen) atoms. The summed E-state index contributed by atoms with van der Waals surface area (Å²) in [5.74, 6) is 0.234. The van der Waals surface area contributed by atoms with E-state index in [4.69, 9.17) is 4.74 Å². The molecule has 0 aliphatic carbocycles. The highest BCUT2D eigenvalue weighted by Gasteiger charge is 2.16. The Morgan fingerprint density at radius 3 is 2.85 bits per heavy atom. The van der Waals surface area contributed by atoms with Crippen LogP contribution in [0.2, 0.25) is 0 Å². The molecule has 0 saturated carbocycles. The highest BCUT2D eigenvalue weighted by molar-refractivity contribution is 5.53. The van der Waals surface area contributed by atoms with Gasteiger partial charge in [0, 0.05) is 24.4 Å². The Bertz CT molecular complexity index is 637. The molecule has 7 nitrogen and oxygen atoms in total. The van der Waals surface area contributed by atoms with Gasteiger partial charge in [-0.3, -0.25) is 10.1 Å². The third kappa shape index (κ3) is 2.62. The van der Waals surface area contributed by atoms with Crippen LogP contribution in [0.3, 0.4) is 0 Å². The van der Waals surface area contributed by atoms with Crippen LogP contribution in [-0.2, 0) is 6.54 Å². The second-order valence-electron chi connectivity index (χ2n) is 4.33. The predicted octanol–water partition coefficient (Wildman–Crippen LogP) is 1.82. The number of nitro benzene ring substituents is 1.